The zero-order valence-electron chi connectivity index (χ0n) is 14.7. The van der Waals surface area contributed by atoms with Crippen LogP contribution in [0.15, 0.2) is 59.8 Å². The van der Waals surface area contributed by atoms with Gasteiger partial charge in [0.1, 0.15) is 0 Å². The molecule has 1 aromatic heterocycles. The average molecular weight is 377 g/mol. The molecule has 1 aliphatic heterocycles. The van der Waals surface area contributed by atoms with E-state index in [-0.39, 0.29) is 11.1 Å². The Morgan fingerprint density at radius 1 is 1.07 bits per heavy atom. The third-order valence-electron chi connectivity index (χ3n) is 4.54. The zero-order valence-corrected chi connectivity index (χ0v) is 15.5. The van der Waals surface area contributed by atoms with E-state index in [4.69, 9.17) is 0 Å². The van der Waals surface area contributed by atoms with E-state index in [0.29, 0.717) is 4.91 Å². The Balaban J connectivity index is 1.45. The van der Waals surface area contributed by atoms with Gasteiger partial charge < -0.3 is 4.57 Å². The van der Waals surface area contributed by atoms with Gasteiger partial charge >= 0.3 is 0 Å². The van der Waals surface area contributed by atoms with Gasteiger partial charge in [0, 0.05) is 6.54 Å². The second-order valence-electron chi connectivity index (χ2n) is 6.48. The molecular weight excluding hydrogens is 358 g/mol. The first kappa shape index (κ1) is 17.5. The number of thioether (sulfide) groups is 1. The number of fused-ring (bicyclic) bond motifs is 1. The Hall–Kier alpha value is -2.86. The minimum absolute atomic E-state index is 0.323. The van der Waals surface area contributed by atoms with Crippen molar-refractivity contribution in [3.05, 3.63) is 70.9 Å². The number of carbonyl (C=O) groups excluding carboxylic acids is 2. The molecular formula is C21H19N3O2S. The molecule has 27 heavy (non-hydrogen) atoms. The maximum absolute atomic E-state index is 11.7. The summed E-state index contributed by atoms with van der Waals surface area (Å²) in [5.74, 6) is -0.334. The molecule has 1 N–H and O–H groups in total. The van der Waals surface area contributed by atoms with E-state index < -0.39 is 0 Å². The fourth-order valence-electron chi connectivity index (χ4n) is 3.17. The zero-order chi connectivity index (χ0) is 18.6. The van der Waals surface area contributed by atoms with Crippen molar-refractivity contribution in [1.82, 2.24) is 14.9 Å². The highest BCUT2D eigenvalue weighted by Gasteiger charge is 2.24. The topological polar surface area (TPSA) is 64.0 Å². The van der Waals surface area contributed by atoms with Crippen LogP contribution in [0, 0.1) is 0 Å². The molecule has 2 amide bonds. The van der Waals surface area contributed by atoms with Gasteiger partial charge in [-0.2, -0.15) is 0 Å². The number of hydrogen-bond donors (Lipinski definition) is 1. The van der Waals surface area contributed by atoms with Gasteiger partial charge in [0.15, 0.2) is 0 Å². The molecule has 0 bridgehead atoms. The lowest BCUT2D eigenvalue weighted by Crippen LogP contribution is -2.17. The van der Waals surface area contributed by atoms with Crippen LogP contribution in [0.4, 0.5) is 4.79 Å². The number of amides is 2. The molecule has 2 heterocycles. The van der Waals surface area contributed by atoms with E-state index >= 15 is 0 Å². The number of carbonyl (C=O) groups is 2. The maximum atomic E-state index is 11.7. The number of aromatic nitrogens is 2. The van der Waals surface area contributed by atoms with E-state index in [0.717, 1.165) is 54.2 Å². The molecule has 3 aromatic rings. The number of aryl methyl sites for hydroxylation is 2. The molecule has 0 saturated carbocycles. The molecule has 0 spiro atoms. The van der Waals surface area contributed by atoms with Gasteiger partial charge in [-0.1, -0.05) is 36.4 Å². The molecule has 2 aromatic carbocycles. The Labute approximate surface area is 161 Å². The van der Waals surface area contributed by atoms with Crippen LogP contribution in [0.1, 0.15) is 24.0 Å². The summed E-state index contributed by atoms with van der Waals surface area (Å²) in [5, 5.41) is 1.95. The van der Waals surface area contributed by atoms with Crippen molar-refractivity contribution in [2.24, 2.45) is 0 Å². The summed E-state index contributed by atoms with van der Waals surface area (Å²) in [6.07, 6.45) is 6.87. The van der Waals surface area contributed by atoms with Gasteiger partial charge in [-0.3, -0.25) is 14.9 Å². The summed E-state index contributed by atoms with van der Waals surface area (Å²) in [7, 11) is 0. The lowest BCUT2D eigenvalue weighted by atomic mass is 10.1. The standard InChI is InChI=1S/C21H19N3O2S/c25-20-19(27-21(26)23-20)13-16-9-10-17-18(12-16)24(14-22-17)11-5-4-8-15-6-2-1-3-7-15/h1-3,6-7,9-10,12-14H,4-5,8,11H2,(H,23,25,26)/b19-13+. The summed E-state index contributed by atoms with van der Waals surface area (Å²) in [6.45, 7) is 0.900. The first-order valence-corrected chi connectivity index (χ1v) is 9.74. The number of unbranched alkanes of at least 4 members (excludes halogenated alkanes) is 1. The summed E-state index contributed by atoms with van der Waals surface area (Å²) in [5.41, 5.74) is 4.23. The molecule has 0 radical (unpaired) electrons. The van der Waals surface area contributed by atoms with Gasteiger partial charge in [-0.25, -0.2) is 4.98 Å². The van der Waals surface area contributed by atoms with E-state index in [1.807, 2.05) is 30.6 Å². The number of nitrogens with one attached hydrogen (secondary N) is 1. The number of imide groups is 1. The first-order valence-electron chi connectivity index (χ1n) is 8.93. The molecule has 0 atom stereocenters. The van der Waals surface area contributed by atoms with Gasteiger partial charge in [0.05, 0.1) is 22.3 Å². The van der Waals surface area contributed by atoms with E-state index in [1.165, 1.54) is 5.56 Å². The van der Waals surface area contributed by atoms with E-state index in [1.54, 1.807) is 6.08 Å². The van der Waals surface area contributed by atoms with Gasteiger partial charge in [-0.15, -0.1) is 0 Å². The molecule has 1 aliphatic rings. The maximum Gasteiger partial charge on any atom is 0.290 e. The van der Waals surface area contributed by atoms with Crippen molar-refractivity contribution in [1.29, 1.82) is 0 Å². The minimum atomic E-state index is -0.334. The fraction of sp³-hybridized carbons (Fsp3) is 0.190. The van der Waals surface area contributed by atoms with Crippen molar-refractivity contribution in [2.45, 2.75) is 25.8 Å². The third kappa shape index (κ3) is 4.11. The molecule has 136 valence electrons. The molecule has 6 heteroatoms. The predicted molar refractivity (Wildman–Crippen MR) is 108 cm³/mol. The Kier molecular flexibility index (Phi) is 5.07. The highest BCUT2D eigenvalue weighted by molar-refractivity contribution is 8.18. The number of hydrogen-bond acceptors (Lipinski definition) is 4. The van der Waals surface area contributed by atoms with Crippen LogP contribution < -0.4 is 5.32 Å². The summed E-state index contributed by atoms with van der Waals surface area (Å²) in [6, 6.07) is 16.4. The van der Waals surface area contributed by atoms with Crippen LogP contribution in [-0.2, 0) is 17.8 Å². The van der Waals surface area contributed by atoms with Gasteiger partial charge in [0.2, 0.25) is 0 Å². The molecule has 5 nitrogen and oxygen atoms in total. The van der Waals surface area contributed by atoms with Gasteiger partial charge in [-0.05, 0) is 60.4 Å². The second kappa shape index (κ2) is 7.80. The van der Waals surface area contributed by atoms with Crippen LogP contribution in [0.3, 0.4) is 0 Å². The summed E-state index contributed by atoms with van der Waals surface area (Å²) in [4.78, 5) is 27.9. The molecule has 1 saturated heterocycles. The van der Waals surface area contributed by atoms with E-state index in [2.05, 4.69) is 39.1 Å². The van der Waals surface area contributed by atoms with Crippen molar-refractivity contribution in [2.75, 3.05) is 0 Å². The fourth-order valence-corrected chi connectivity index (χ4v) is 3.85. The highest BCUT2D eigenvalue weighted by atomic mass is 32.2. The number of imidazole rings is 1. The predicted octanol–water partition coefficient (Wildman–Crippen LogP) is 4.38. The monoisotopic (exact) mass is 377 g/mol. The smallest absolute Gasteiger partial charge is 0.290 e. The Bertz CT molecular complexity index is 1020. The number of rotatable bonds is 6. The van der Waals surface area contributed by atoms with Crippen molar-refractivity contribution < 1.29 is 9.59 Å². The Morgan fingerprint density at radius 3 is 2.70 bits per heavy atom. The molecule has 1 fully saturated rings. The van der Waals surface area contributed by atoms with Crippen LogP contribution >= 0.6 is 11.8 Å². The number of benzene rings is 2. The van der Waals surface area contributed by atoms with Crippen LogP contribution in [0.25, 0.3) is 17.1 Å². The summed E-state index contributed by atoms with van der Waals surface area (Å²) < 4.78 is 2.15. The largest absolute Gasteiger partial charge is 0.331 e. The first-order chi connectivity index (χ1) is 13.2. The van der Waals surface area contributed by atoms with Crippen molar-refractivity contribution in [3.63, 3.8) is 0 Å². The lowest BCUT2D eigenvalue weighted by molar-refractivity contribution is -0.115. The Morgan fingerprint density at radius 2 is 1.93 bits per heavy atom. The molecule has 0 aliphatic carbocycles. The lowest BCUT2D eigenvalue weighted by Gasteiger charge is -2.05. The van der Waals surface area contributed by atoms with Crippen LogP contribution in [0.2, 0.25) is 0 Å². The van der Waals surface area contributed by atoms with Crippen molar-refractivity contribution in [3.8, 4) is 0 Å². The third-order valence-corrected chi connectivity index (χ3v) is 5.35. The van der Waals surface area contributed by atoms with Crippen LogP contribution in [-0.4, -0.2) is 20.7 Å². The highest BCUT2D eigenvalue weighted by Crippen LogP contribution is 2.26. The van der Waals surface area contributed by atoms with Gasteiger partial charge in [0.25, 0.3) is 11.1 Å². The second-order valence-corrected chi connectivity index (χ2v) is 7.50. The molecule has 4 rings (SSSR count). The summed E-state index contributed by atoms with van der Waals surface area (Å²) >= 11 is 0.934. The average Bonchev–Trinajstić information content (AvgIpc) is 3.22. The normalized spacial score (nSPS) is 15.6. The van der Waals surface area contributed by atoms with E-state index in [9.17, 15) is 9.59 Å². The number of nitrogens with zero attached hydrogens (tertiary/aromatic N) is 2. The van der Waals surface area contributed by atoms with Crippen molar-refractivity contribution >= 4 is 40.0 Å². The minimum Gasteiger partial charge on any atom is -0.331 e. The van der Waals surface area contributed by atoms with Crippen LogP contribution in [0.5, 0.6) is 0 Å². The quantitative estimate of drug-likeness (QED) is 0.511. The SMILES string of the molecule is O=C1NC(=O)/C(=C\c2ccc3ncn(CCCCc4ccccc4)c3c2)S1. The molecule has 0 unspecified atom stereocenters.